The van der Waals surface area contributed by atoms with Gasteiger partial charge in [-0.25, -0.2) is 4.68 Å². The van der Waals surface area contributed by atoms with Gasteiger partial charge in [0, 0.05) is 5.56 Å². The van der Waals surface area contributed by atoms with Crippen LogP contribution in [0.5, 0.6) is 5.75 Å². The monoisotopic (exact) mass is 428 g/mol. The Hall–Kier alpha value is -3.04. The number of hydrogen-bond acceptors (Lipinski definition) is 8. The zero-order valence-electron chi connectivity index (χ0n) is 15.4. The summed E-state index contributed by atoms with van der Waals surface area (Å²) in [6.45, 7) is 2.55. The molecule has 2 N–H and O–H groups in total. The molecule has 0 bridgehead atoms. The Morgan fingerprint density at radius 3 is 2.69 bits per heavy atom. The van der Waals surface area contributed by atoms with Crippen LogP contribution >= 0.6 is 23.4 Å². The van der Waals surface area contributed by atoms with Gasteiger partial charge in [-0.1, -0.05) is 40.7 Å². The Balaban J connectivity index is 1.45. The SMILES string of the molecule is CCOc1ccc(-c2nnc(SCc3noc(-c4ccccc4Cl)n3)n2N)cc1. The summed E-state index contributed by atoms with van der Waals surface area (Å²) < 4.78 is 12.2. The molecule has 0 saturated carbocycles. The van der Waals surface area contributed by atoms with Crippen LogP contribution in [0.15, 0.2) is 58.2 Å². The van der Waals surface area contributed by atoms with Crippen LogP contribution in [-0.2, 0) is 5.75 Å². The van der Waals surface area contributed by atoms with Gasteiger partial charge in [-0.3, -0.25) is 0 Å². The number of nitrogen functional groups attached to an aromatic ring is 1. The van der Waals surface area contributed by atoms with E-state index in [-0.39, 0.29) is 0 Å². The van der Waals surface area contributed by atoms with Gasteiger partial charge in [-0.15, -0.1) is 10.2 Å². The van der Waals surface area contributed by atoms with Crippen molar-refractivity contribution in [3.8, 4) is 28.6 Å². The molecular formula is C19H17ClN6O2S. The van der Waals surface area contributed by atoms with Gasteiger partial charge in [-0.05, 0) is 43.3 Å². The molecule has 2 heterocycles. The van der Waals surface area contributed by atoms with Crippen molar-refractivity contribution in [1.82, 2.24) is 25.0 Å². The molecule has 0 amide bonds. The molecule has 0 aliphatic rings. The van der Waals surface area contributed by atoms with Crippen molar-refractivity contribution in [1.29, 1.82) is 0 Å². The van der Waals surface area contributed by atoms with E-state index in [0.717, 1.165) is 11.3 Å². The highest BCUT2D eigenvalue weighted by atomic mass is 35.5. The molecule has 8 nitrogen and oxygen atoms in total. The van der Waals surface area contributed by atoms with Gasteiger partial charge >= 0.3 is 0 Å². The molecule has 2 aromatic carbocycles. The number of hydrogen-bond donors (Lipinski definition) is 1. The third-order valence-corrected chi connectivity index (χ3v) is 5.26. The zero-order chi connectivity index (χ0) is 20.2. The smallest absolute Gasteiger partial charge is 0.259 e. The standard InChI is InChI=1S/C19H17ClN6O2S/c1-2-27-13-9-7-12(8-10-13)17-23-24-19(26(17)21)29-11-16-22-18(28-25-16)14-5-3-4-6-15(14)20/h3-10H,2,11,21H2,1H3. The van der Waals surface area contributed by atoms with E-state index in [4.69, 9.17) is 26.7 Å². The largest absolute Gasteiger partial charge is 0.494 e. The first kappa shape index (κ1) is 19.3. The van der Waals surface area contributed by atoms with E-state index in [1.165, 1.54) is 16.4 Å². The third-order valence-electron chi connectivity index (χ3n) is 3.99. The molecule has 0 aliphatic heterocycles. The van der Waals surface area contributed by atoms with E-state index < -0.39 is 0 Å². The van der Waals surface area contributed by atoms with E-state index in [0.29, 0.717) is 45.6 Å². The summed E-state index contributed by atoms with van der Waals surface area (Å²) in [5.41, 5.74) is 1.54. The van der Waals surface area contributed by atoms with Crippen molar-refractivity contribution >= 4 is 23.4 Å². The van der Waals surface area contributed by atoms with E-state index in [1.807, 2.05) is 49.4 Å². The molecule has 0 aliphatic carbocycles. The fourth-order valence-electron chi connectivity index (χ4n) is 2.62. The number of rotatable bonds is 7. The van der Waals surface area contributed by atoms with Crippen molar-refractivity contribution in [3.05, 3.63) is 59.4 Å². The van der Waals surface area contributed by atoms with Crippen molar-refractivity contribution in [2.75, 3.05) is 12.4 Å². The van der Waals surface area contributed by atoms with Gasteiger partial charge in [-0.2, -0.15) is 4.98 Å². The van der Waals surface area contributed by atoms with Gasteiger partial charge in [0.1, 0.15) is 5.75 Å². The molecule has 2 aromatic heterocycles. The van der Waals surface area contributed by atoms with E-state index in [2.05, 4.69) is 20.3 Å². The highest BCUT2D eigenvalue weighted by Gasteiger charge is 2.15. The number of ether oxygens (including phenoxy) is 1. The quantitative estimate of drug-likeness (QED) is 0.347. The summed E-state index contributed by atoms with van der Waals surface area (Å²) >= 11 is 7.53. The Morgan fingerprint density at radius 1 is 1.14 bits per heavy atom. The molecule has 0 unspecified atom stereocenters. The lowest BCUT2D eigenvalue weighted by molar-refractivity contribution is 0.340. The second-order valence-corrected chi connectivity index (χ2v) is 7.27. The predicted octanol–water partition coefficient (Wildman–Crippen LogP) is 4.05. The lowest BCUT2D eigenvalue weighted by atomic mass is 10.2. The highest BCUT2D eigenvalue weighted by molar-refractivity contribution is 7.98. The fourth-order valence-corrected chi connectivity index (χ4v) is 3.54. The zero-order valence-corrected chi connectivity index (χ0v) is 17.0. The van der Waals surface area contributed by atoms with E-state index in [9.17, 15) is 0 Å². The van der Waals surface area contributed by atoms with E-state index >= 15 is 0 Å². The maximum Gasteiger partial charge on any atom is 0.259 e. The summed E-state index contributed by atoms with van der Waals surface area (Å²) in [7, 11) is 0. The van der Waals surface area contributed by atoms with Gasteiger partial charge in [0.25, 0.3) is 5.89 Å². The molecule has 148 valence electrons. The minimum Gasteiger partial charge on any atom is -0.494 e. The summed E-state index contributed by atoms with van der Waals surface area (Å²) in [4.78, 5) is 4.38. The number of thioether (sulfide) groups is 1. The van der Waals surface area contributed by atoms with Crippen molar-refractivity contribution in [2.24, 2.45) is 0 Å². The van der Waals surface area contributed by atoms with Crippen LogP contribution in [0.4, 0.5) is 0 Å². The van der Waals surface area contributed by atoms with E-state index in [1.54, 1.807) is 6.07 Å². The van der Waals surface area contributed by atoms with Crippen molar-refractivity contribution in [2.45, 2.75) is 17.8 Å². The number of nitrogens with two attached hydrogens (primary N) is 1. The minimum absolute atomic E-state index is 0.371. The van der Waals surface area contributed by atoms with Gasteiger partial charge in [0.15, 0.2) is 11.6 Å². The molecule has 0 saturated heterocycles. The van der Waals surface area contributed by atoms with Gasteiger partial charge in [0.2, 0.25) is 5.16 Å². The van der Waals surface area contributed by atoms with Crippen LogP contribution in [0, 0.1) is 0 Å². The summed E-state index contributed by atoms with van der Waals surface area (Å²) in [5.74, 6) is 8.82. The lowest BCUT2D eigenvalue weighted by Crippen LogP contribution is -2.11. The van der Waals surface area contributed by atoms with Gasteiger partial charge < -0.3 is 15.1 Å². The molecule has 4 aromatic rings. The van der Waals surface area contributed by atoms with Crippen molar-refractivity contribution < 1.29 is 9.26 Å². The molecule has 0 atom stereocenters. The minimum atomic E-state index is 0.371. The Kier molecular flexibility index (Phi) is 5.68. The topological polar surface area (TPSA) is 105 Å². The summed E-state index contributed by atoms with van der Waals surface area (Å²) in [5, 5.41) is 13.4. The first-order valence-electron chi connectivity index (χ1n) is 8.79. The predicted molar refractivity (Wildman–Crippen MR) is 111 cm³/mol. The second-order valence-electron chi connectivity index (χ2n) is 5.92. The average molecular weight is 429 g/mol. The second kappa shape index (κ2) is 8.54. The molecule has 10 heteroatoms. The normalized spacial score (nSPS) is 11.0. The number of aromatic nitrogens is 5. The molecule has 4 rings (SSSR count). The number of halogens is 1. The lowest BCUT2D eigenvalue weighted by Gasteiger charge is -2.05. The van der Waals surface area contributed by atoms with Crippen LogP contribution in [0.3, 0.4) is 0 Å². The molecule has 0 radical (unpaired) electrons. The molecular weight excluding hydrogens is 412 g/mol. The third kappa shape index (κ3) is 4.20. The molecule has 0 fully saturated rings. The Morgan fingerprint density at radius 2 is 1.93 bits per heavy atom. The maximum atomic E-state index is 6.17. The maximum absolute atomic E-state index is 6.17. The Labute approximate surface area is 176 Å². The van der Waals surface area contributed by atoms with Gasteiger partial charge in [0.05, 0.1) is 22.9 Å². The van der Waals surface area contributed by atoms with Crippen LogP contribution in [-0.4, -0.2) is 31.6 Å². The summed E-state index contributed by atoms with van der Waals surface area (Å²) in [6, 6.07) is 14.8. The van der Waals surface area contributed by atoms with Crippen LogP contribution in [0.25, 0.3) is 22.8 Å². The fraction of sp³-hybridized carbons (Fsp3) is 0.158. The molecule has 0 spiro atoms. The first-order chi connectivity index (χ1) is 14.2. The number of benzene rings is 2. The van der Waals surface area contributed by atoms with Crippen molar-refractivity contribution in [3.63, 3.8) is 0 Å². The molecule has 29 heavy (non-hydrogen) atoms. The first-order valence-corrected chi connectivity index (χ1v) is 10.2. The van der Waals surface area contributed by atoms with Crippen LogP contribution in [0.2, 0.25) is 5.02 Å². The average Bonchev–Trinajstić information content (AvgIpc) is 3.34. The highest BCUT2D eigenvalue weighted by Crippen LogP contribution is 2.28. The van der Waals surface area contributed by atoms with Crippen LogP contribution in [0.1, 0.15) is 12.7 Å². The van der Waals surface area contributed by atoms with Crippen LogP contribution < -0.4 is 10.6 Å². The summed E-state index contributed by atoms with van der Waals surface area (Å²) in [6.07, 6.45) is 0. The Bertz CT molecular complexity index is 1110. The number of nitrogens with zero attached hydrogens (tertiary/aromatic N) is 5.